The summed E-state index contributed by atoms with van der Waals surface area (Å²) in [7, 11) is 0. The third kappa shape index (κ3) is 5.32. The molecule has 1 N–H and O–H groups in total. The van der Waals surface area contributed by atoms with E-state index in [9.17, 15) is 9.59 Å². The summed E-state index contributed by atoms with van der Waals surface area (Å²) in [5.41, 5.74) is -0.141. The van der Waals surface area contributed by atoms with Crippen LogP contribution in [-0.2, 0) is 21.4 Å². The molecule has 1 aromatic heterocycles. The van der Waals surface area contributed by atoms with Crippen molar-refractivity contribution in [2.75, 3.05) is 13.1 Å². The van der Waals surface area contributed by atoms with Crippen molar-refractivity contribution in [3.8, 4) is 0 Å². The van der Waals surface area contributed by atoms with Gasteiger partial charge >= 0.3 is 5.97 Å². The molecular formula is C17H27N3O4. The number of carboxylic acid groups (broad SMARTS) is 1. The Bertz CT molecular complexity index is 569. The molecule has 0 unspecified atom stereocenters. The summed E-state index contributed by atoms with van der Waals surface area (Å²) in [5, 5.41) is 12.8. The second-order valence-electron chi connectivity index (χ2n) is 7.54. The van der Waals surface area contributed by atoms with Gasteiger partial charge in [0.15, 0.2) is 5.82 Å². The van der Waals surface area contributed by atoms with Crippen LogP contribution < -0.4 is 0 Å². The highest BCUT2D eigenvalue weighted by Crippen LogP contribution is 2.22. The van der Waals surface area contributed by atoms with E-state index >= 15 is 0 Å². The van der Waals surface area contributed by atoms with Crippen LogP contribution in [0.3, 0.4) is 0 Å². The van der Waals surface area contributed by atoms with E-state index in [-0.39, 0.29) is 23.7 Å². The summed E-state index contributed by atoms with van der Waals surface area (Å²) < 4.78 is 5.23. The lowest BCUT2D eigenvalue weighted by Gasteiger charge is -2.31. The molecule has 1 amide bonds. The Kier molecular flexibility index (Phi) is 5.96. The number of likely N-dealkylation sites (tertiary alicyclic amines) is 1. The maximum atomic E-state index is 12.2. The summed E-state index contributed by atoms with van der Waals surface area (Å²) in [4.78, 5) is 29.2. The fourth-order valence-electron chi connectivity index (χ4n) is 2.84. The Balaban J connectivity index is 1.70. The van der Waals surface area contributed by atoms with Crippen LogP contribution in [0.1, 0.15) is 64.6 Å². The smallest absolute Gasteiger partial charge is 0.303 e. The van der Waals surface area contributed by atoms with Gasteiger partial charge in [-0.3, -0.25) is 9.59 Å². The molecular weight excluding hydrogens is 310 g/mol. The zero-order chi connectivity index (χ0) is 17.7. The van der Waals surface area contributed by atoms with E-state index in [0.717, 1.165) is 12.8 Å². The average molecular weight is 337 g/mol. The molecule has 1 aliphatic heterocycles. The van der Waals surface area contributed by atoms with Crippen molar-refractivity contribution in [3.63, 3.8) is 0 Å². The number of amides is 1. The fourth-order valence-corrected chi connectivity index (χ4v) is 2.84. The first kappa shape index (κ1) is 18.4. The highest BCUT2D eigenvalue weighted by molar-refractivity contribution is 5.76. The predicted octanol–water partition coefficient (Wildman–Crippen LogP) is 2.40. The molecule has 2 heterocycles. The topological polar surface area (TPSA) is 96.5 Å². The minimum Gasteiger partial charge on any atom is -0.481 e. The molecule has 1 saturated heterocycles. The molecule has 7 heteroatoms. The van der Waals surface area contributed by atoms with E-state index in [1.807, 2.05) is 25.7 Å². The molecule has 0 saturated carbocycles. The van der Waals surface area contributed by atoms with E-state index in [1.165, 1.54) is 0 Å². The molecule has 1 aromatic rings. The van der Waals surface area contributed by atoms with Crippen LogP contribution >= 0.6 is 0 Å². The number of hydrogen-bond donors (Lipinski definition) is 1. The minimum atomic E-state index is -0.756. The van der Waals surface area contributed by atoms with Crippen LogP contribution in [0.4, 0.5) is 0 Å². The zero-order valence-corrected chi connectivity index (χ0v) is 14.7. The number of nitrogens with zero attached hydrogens (tertiary/aromatic N) is 3. The van der Waals surface area contributed by atoms with Gasteiger partial charge in [0.05, 0.1) is 0 Å². The van der Waals surface area contributed by atoms with E-state index in [0.29, 0.717) is 44.1 Å². The first-order chi connectivity index (χ1) is 11.3. The summed E-state index contributed by atoms with van der Waals surface area (Å²) in [6, 6.07) is 0. The number of carbonyl (C=O) groups is 2. The monoisotopic (exact) mass is 337 g/mol. The van der Waals surface area contributed by atoms with Gasteiger partial charge in [0.1, 0.15) is 0 Å². The summed E-state index contributed by atoms with van der Waals surface area (Å²) in [6.45, 7) is 7.40. The first-order valence-corrected chi connectivity index (χ1v) is 8.58. The summed E-state index contributed by atoms with van der Waals surface area (Å²) >= 11 is 0. The standard InChI is InChI=1S/C17H27N3O4/c1-17(2,3)16-18-13(24-19-16)5-4-6-14(21)20-9-7-12(8-10-20)11-15(22)23/h12H,4-11H2,1-3H3,(H,22,23). The molecule has 0 spiro atoms. The largest absolute Gasteiger partial charge is 0.481 e. The Morgan fingerprint density at radius 2 is 1.96 bits per heavy atom. The molecule has 1 aliphatic rings. The zero-order valence-electron chi connectivity index (χ0n) is 14.7. The second-order valence-corrected chi connectivity index (χ2v) is 7.54. The molecule has 7 nitrogen and oxygen atoms in total. The maximum Gasteiger partial charge on any atom is 0.303 e. The van der Waals surface area contributed by atoms with Gasteiger partial charge in [-0.15, -0.1) is 0 Å². The van der Waals surface area contributed by atoms with Crippen LogP contribution in [0.25, 0.3) is 0 Å². The van der Waals surface area contributed by atoms with Gasteiger partial charge in [-0.2, -0.15) is 4.98 Å². The quantitative estimate of drug-likeness (QED) is 0.856. The number of hydrogen-bond acceptors (Lipinski definition) is 5. The van der Waals surface area contributed by atoms with Gasteiger partial charge in [0.2, 0.25) is 11.8 Å². The third-order valence-electron chi connectivity index (χ3n) is 4.35. The average Bonchev–Trinajstić information content (AvgIpc) is 2.96. The molecule has 0 radical (unpaired) electrons. The van der Waals surface area contributed by atoms with Gasteiger partial charge in [-0.05, 0) is 25.2 Å². The molecule has 0 aromatic carbocycles. The van der Waals surface area contributed by atoms with Gasteiger partial charge in [-0.25, -0.2) is 0 Å². The molecule has 0 bridgehead atoms. The fraction of sp³-hybridized carbons (Fsp3) is 0.765. The van der Waals surface area contributed by atoms with E-state index in [4.69, 9.17) is 9.63 Å². The third-order valence-corrected chi connectivity index (χ3v) is 4.35. The molecule has 24 heavy (non-hydrogen) atoms. The summed E-state index contributed by atoms with van der Waals surface area (Å²) in [6.07, 6.45) is 3.49. The van der Waals surface area contributed by atoms with E-state index < -0.39 is 5.97 Å². The number of aliphatic carboxylic acids is 1. The van der Waals surface area contributed by atoms with Crippen molar-refractivity contribution in [3.05, 3.63) is 11.7 Å². The van der Waals surface area contributed by atoms with Crippen LogP contribution in [0.5, 0.6) is 0 Å². The van der Waals surface area contributed by atoms with Gasteiger partial charge in [-0.1, -0.05) is 25.9 Å². The minimum absolute atomic E-state index is 0.124. The highest BCUT2D eigenvalue weighted by Gasteiger charge is 2.24. The maximum absolute atomic E-state index is 12.2. The molecule has 0 aliphatic carbocycles. The van der Waals surface area contributed by atoms with Crippen molar-refractivity contribution in [2.24, 2.45) is 5.92 Å². The summed E-state index contributed by atoms with van der Waals surface area (Å²) in [5.74, 6) is 0.825. The van der Waals surface area contributed by atoms with Crippen LogP contribution in [-0.4, -0.2) is 45.1 Å². The molecule has 1 fully saturated rings. The number of piperidine rings is 1. The van der Waals surface area contributed by atoms with E-state index in [2.05, 4.69) is 10.1 Å². The number of carbonyl (C=O) groups excluding carboxylic acids is 1. The molecule has 134 valence electrons. The van der Waals surface area contributed by atoms with Crippen LogP contribution in [0.15, 0.2) is 4.52 Å². The number of aryl methyl sites for hydroxylation is 1. The SMILES string of the molecule is CC(C)(C)c1noc(CCCC(=O)N2CCC(CC(=O)O)CC2)n1. The van der Waals surface area contributed by atoms with Crippen molar-refractivity contribution >= 4 is 11.9 Å². The van der Waals surface area contributed by atoms with Gasteiger partial charge in [0, 0.05) is 37.8 Å². The van der Waals surface area contributed by atoms with Crippen molar-refractivity contribution in [2.45, 2.75) is 64.7 Å². The van der Waals surface area contributed by atoms with Gasteiger partial charge in [0.25, 0.3) is 0 Å². The molecule has 0 atom stereocenters. The van der Waals surface area contributed by atoms with E-state index in [1.54, 1.807) is 0 Å². The Morgan fingerprint density at radius 3 is 2.50 bits per heavy atom. The number of rotatable bonds is 6. The Hall–Kier alpha value is -1.92. The number of carboxylic acids is 1. The normalized spacial score (nSPS) is 16.4. The lowest BCUT2D eigenvalue weighted by atomic mass is 9.93. The Labute approximate surface area is 142 Å². The van der Waals surface area contributed by atoms with Crippen molar-refractivity contribution in [1.29, 1.82) is 0 Å². The lowest BCUT2D eigenvalue weighted by Crippen LogP contribution is -2.38. The van der Waals surface area contributed by atoms with Crippen LogP contribution in [0, 0.1) is 5.92 Å². The lowest BCUT2D eigenvalue weighted by molar-refractivity contribution is -0.138. The predicted molar refractivity (Wildman–Crippen MR) is 87.5 cm³/mol. The number of aromatic nitrogens is 2. The van der Waals surface area contributed by atoms with Crippen molar-refractivity contribution < 1.29 is 19.2 Å². The van der Waals surface area contributed by atoms with Gasteiger partial charge < -0.3 is 14.5 Å². The first-order valence-electron chi connectivity index (χ1n) is 8.58. The highest BCUT2D eigenvalue weighted by atomic mass is 16.5. The Morgan fingerprint density at radius 1 is 1.29 bits per heavy atom. The second kappa shape index (κ2) is 7.77. The molecule has 2 rings (SSSR count). The van der Waals surface area contributed by atoms with Crippen molar-refractivity contribution in [1.82, 2.24) is 15.0 Å². The van der Waals surface area contributed by atoms with Crippen LogP contribution in [0.2, 0.25) is 0 Å².